The molecule has 0 bridgehead atoms. The van der Waals surface area contributed by atoms with E-state index in [1.807, 2.05) is 48.5 Å². The molecular formula is C27H20N6OS. The Bertz CT molecular complexity index is 1620. The van der Waals surface area contributed by atoms with Gasteiger partial charge in [0, 0.05) is 51.1 Å². The molecule has 0 atom stereocenters. The fraction of sp³-hybridized carbons (Fsp3) is 0.111. The van der Waals surface area contributed by atoms with Crippen LogP contribution in [0.25, 0.3) is 21.0 Å². The SMILES string of the molecule is O=C(CCc1cccnc1)c1cccc(Nc2nc3cc(C4=NN=NC4)ccc3c3sccc23)c1. The lowest BCUT2D eigenvalue weighted by molar-refractivity contribution is 0.0983. The number of rotatable bonds is 7. The van der Waals surface area contributed by atoms with Crippen LogP contribution in [0.1, 0.15) is 27.9 Å². The molecule has 170 valence electrons. The molecule has 4 heterocycles. The number of hydrogen-bond donors (Lipinski definition) is 1. The normalized spacial score (nSPS) is 12.9. The first-order valence-corrected chi connectivity index (χ1v) is 12.2. The first kappa shape index (κ1) is 21.2. The molecule has 0 aliphatic carbocycles. The number of nitrogens with zero attached hydrogens (tertiary/aromatic N) is 5. The highest BCUT2D eigenvalue weighted by Gasteiger charge is 2.14. The summed E-state index contributed by atoms with van der Waals surface area (Å²) in [6, 6.07) is 19.7. The molecular weight excluding hydrogens is 456 g/mol. The van der Waals surface area contributed by atoms with E-state index < -0.39 is 0 Å². The van der Waals surface area contributed by atoms with Gasteiger partial charge in [-0.05, 0) is 52.9 Å². The van der Waals surface area contributed by atoms with E-state index in [0.717, 1.165) is 49.3 Å². The molecule has 0 spiro atoms. The van der Waals surface area contributed by atoms with Crippen molar-refractivity contribution in [1.29, 1.82) is 0 Å². The van der Waals surface area contributed by atoms with Crippen LogP contribution in [0.5, 0.6) is 0 Å². The molecule has 1 N–H and O–H groups in total. The standard InChI is InChI=1S/C27H20N6OS/c34-25(9-6-17-3-2-11-28-15-17)19-4-1-5-20(13-19)30-27-22-10-12-35-26(22)21-8-7-18(14-23(21)31-27)24-16-29-33-32-24/h1-5,7-8,10-15H,6,9,16H2,(H,30,31). The van der Waals surface area contributed by atoms with Gasteiger partial charge in [0.1, 0.15) is 12.4 Å². The number of hydrogen-bond acceptors (Lipinski definition) is 8. The van der Waals surface area contributed by atoms with E-state index in [-0.39, 0.29) is 5.78 Å². The van der Waals surface area contributed by atoms with Gasteiger partial charge < -0.3 is 5.32 Å². The number of benzene rings is 2. The van der Waals surface area contributed by atoms with Gasteiger partial charge in [0.05, 0.1) is 11.2 Å². The largest absolute Gasteiger partial charge is 0.340 e. The zero-order valence-corrected chi connectivity index (χ0v) is 19.5. The maximum Gasteiger partial charge on any atom is 0.163 e. The Balaban J connectivity index is 1.29. The molecule has 0 radical (unpaired) electrons. The number of carbonyl (C=O) groups excluding carboxylic acids is 1. The monoisotopic (exact) mass is 476 g/mol. The average molecular weight is 477 g/mol. The minimum absolute atomic E-state index is 0.0995. The highest BCUT2D eigenvalue weighted by molar-refractivity contribution is 7.18. The summed E-state index contributed by atoms with van der Waals surface area (Å²) in [6.45, 7) is 0.486. The van der Waals surface area contributed by atoms with Crippen molar-refractivity contribution in [2.75, 3.05) is 11.9 Å². The summed E-state index contributed by atoms with van der Waals surface area (Å²) in [5.41, 5.74) is 5.24. The third-order valence-corrected chi connectivity index (χ3v) is 6.94. The molecule has 35 heavy (non-hydrogen) atoms. The van der Waals surface area contributed by atoms with Gasteiger partial charge in [-0.25, -0.2) is 4.98 Å². The minimum Gasteiger partial charge on any atom is -0.340 e. The van der Waals surface area contributed by atoms with Gasteiger partial charge >= 0.3 is 0 Å². The zero-order chi connectivity index (χ0) is 23.6. The van der Waals surface area contributed by atoms with E-state index in [9.17, 15) is 4.79 Å². The first-order chi connectivity index (χ1) is 17.2. The summed E-state index contributed by atoms with van der Waals surface area (Å²) in [5.74, 6) is 0.857. The number of Topliss-reactive ketones (excluding diaryl/α,β-unsaturated/α-hetero) is 1. The molecule has 7 nitrogen and oxygen atoms in total. The third-order valence-electron chi connectivity index (χ3n) is 5.99. The summed E-state index contributed by atoms with van der Waals surface area (Å²) in [7, 11) is 0. The second-order valence-electron chi connectivity index (χ2n) is 8.28. The predicted octanol–water partition coefficient (Wildman–Crippen LogP) is 6.57. The molecule has 0 fully saturated rings. The number of anilines is 2. The van der Waals surface area contributed by atoms with Crippen molar-refractivity contribution in [1.82, 2.24) is 9.97 Å². The summed E-state index contributed by atoms with van der Waals surface area (Å²) in [4.78, 5) is 21.9. The smallest absolute Gasteiger partial charge is 0.163 e. The molecule has 1 aliphatic rings. The van der Waals surface area contributed by atoms with Gasteiger partial charge in [-0.1, -0.05) is 30.3 Å². The van der Waals surface area contributed by atoms with Crippen LogP contribution in [0.3, 0.4) is 0 Å². The fourth-order valence-corrected chi connectivity index (χ4v) is 5.13. The second-order valence-corrected chi connectivity index (χ2v) is 9.20. The Morgan fingerprint density at radius 2 is 2.00 bits per heavy atom. The van der Waals surface area contributed by atoms with Crippen LogP contribution in [-0.4, -0.2) is 28.0 Å². The van der Waals surface area contributed by atoms with Crippen LogP contribution in [-0.2, 0) is 6.42 Å². The van der Waals surface area contributed by atoms with E-state index >= 15 is 0 Å². The number of pyridine rings is 2. The molecule has 0 amide bonds. The van der Waals surface area contributed by atoms with Crippen LogP contribution in [0, 0.1) is 0 Å². The van der Waals surface area contributed by atoms with Crippen LogP contribution in [0.2, 0.25) is 0 Å². The number of nitrogens with one attached hydrogen (secondary N) is 1. The summed E-state index contributed by atoms with van der Waals surface area (Å²) in [5, 5.41) is 19.5. The molecule has 0 saturated carbocycles. The first-order valence-electron chi connectivity index (χ1n) is 11.3. The maximum atomic E-state index is 12.8. The maximum absolute atomic E-state index is 12.8. The summed E-state index contributed by atoms with van der Waals surface area (Å²) < 4.78 is 1.16. The molecule has 2 aromatic carbocycles. The van der Waals surface area contributed by atoms with Crippen molar-refractivity contribution in [3.63, 3.8) is 0 Å². The van der Waals surface area contributed by atoms with Crippen LogP contribution in [0.4, 0.5) is 11.5 Å². The van der Waals surface area contributed by atoms with Crippen LogP contribution >= 0.6 is 11.3 Å². The van der Waals surface area contributed by atoms with Gasteiger partial charge in [0.2, 0.25) is 0 Å². The average Bonchev–Trinajstić information content (AvgIpc) is 3.61. The number of ketones is 1. The van der Waals surface area contributed by atoms with Gasteiger partial charge in [0.15, 0.2) is 5.78 Å². The molecule has 6 rings (SSSR count). The van der Waals surface area contributed by atoms with Gasteiger partial charge in [-0.2, -0.15) is 5.11 Å². The lowest BCUT2D eigenvalue weighted by atomic mass is 10.0. The number of carbonyl (C=O) groups is 1. The van der Waals surface area contributed by atoms with Crippen molar-refractivity contribution in [2.45, 2.75) is 12.8 Å². The number of thiophene rings is 1. The third kappa shape index (κ3) is 4.31. The minimum atomic E-state index is 0.0995. The van der Waals surface area contributed by atoms with E-state index in [0.29, 0.717) is 24.9 Å². The van der Waals surface area contributed by atoms with E-state index in [2.05, 4.69) is 43.3 Å². The van der Waals surface area contributed by atoms with Gasteiger partial charge in [-0.3, -0.25) is 9.78 Å². The van der Waals surface area contributed by atoms with Crippen molar-refractivity contribution in [3.8, 4) is 0 Å². The zero-order valence-electron chi connectivity index (χ0n) is 18.7. The van der Waals surface area contributed by atoms with Crippen LogP contribution in [0.15, 0.2) is 93.9 Å². The Morgan fingerprint density at radius 3 is 2.86 bits per heavy atom. The van der Waals surface area contributed by atoms with E-state index in [4.69, 9.17) is 4.98 Å². The Kier molecular flexibility index (Phi) is 5.56. The topological polar surface area (TPSA) is 92.0 Å². The molecule has 0 saturated heterocycles. The second kappa shape index (κ2) is 9.15. The van der Waals surface area contributed by atoms with Gasteiger partial charge in [-0.15, -0.1) is 16.4 Å². The Labute approximate surface area is 205 Å². The van der Waals surface area contributed by atoms with Gasteiger partial charge in [0.25, 0.3) is 0 Å². The molecule has 1 aliphatic heterocycles. The van der Waals surface area contributed by atoms with Crippen molar-refractivity contribution >= 4 is 55.3 Å². The van der Waals surface area contributed by atoms with Crippen molar-refractivity contribution < 1.29 is 4.79 Å². The van der Waals surface area contributed by atoms with Crippen molar-refractivity contribution in [2.24, 2.45) is 15.4 Å². The fourth-order valence-electron chi connectivity index (χ4n) is 4.20. The Morgan fingerprint density at radius 1 is 1.03 bits per heavy atom. The molecule has 8 heteroatoms. The highest BCUT2D eigenvalue weighted by Crippen LogP contribution is 2.35. The predicted molar refractivity (Wildman–Crippen MR) is 140 cm³/mol. The van der Waals surface area contributed by atoms with E-state index in [1.54, 1.807) is 23.7 Å². The molecule has 5 aromatic rings. The summed E-state index contributed by atoms with van der Waals surface area (Å²) in [6.07, 6.45) is 4.64. The molecule has 0 unspecified atom stereocenters. The lowest BCUT2D eigenvalue weighted by Gasteiger charge is -2.11. The quantitative estimate of drug-likeness (QED) is 0.269. The van der Waals surface area contributed by atoms with E-state index in [1.165, 1.54) is 0 Å². The van der Waals surface area contributed by atoms with Crippen molar-refractivity contribution in [3.05, 3.63) is 95.1 Å². The Hall–Kier alpha value is -4.30. The van der Waals surface area contributed by atoms with Crippen LogP contribution < -0.4 is 5.32 Å². The number of aromatic nitrogens is 2. The lowest BCUT2D eigenvalue weighted by Crippen LogP contribution is -2.03. The number of fused-ring (bicyclic) bond motifs is 3. The summed E-state index contributed by atoms with van der Waals surface area (Å²) >= 11 is 1.69. The number of aryl methyl sites for hydroxylation is 1. The highest BCUT2D eigenvalue weighted by atomic mass is 32.1. The molecule has 3 aromatic heterocycles.